The lowest BCUT2D eigenvalue weighted by Gasteiger charge is -2.08. The average Bonchev–Trinajstić information content (AvgIpc) is 2.56. The number of nitrogens with zero attached hydrogens (tertiary/aromatic N) is 1. The van der Waals surface area contributed by atoms with Crippen molar-refractivity contribution in [3.05, 3.63) is 67.7 Å². The van der Waals surface area contributed by atoms with E-state index in [0.29, 0.717) is 5.69 Å². The minimum absolute atomic E-state index is 0.00567. The van der Waals surface area contributed by atoms with E-state index in [4.69, 9.17) is 4.74 Å². The number of amides is 1. The highest BCUT2D eigenvalue weighted by molar-refractivity contribution is 9.10. The van der Waals surface area contributed by atoms with Gasteiger partial charge >= 0.3 is 5.97 Å². The lowest BCUT2D eigenvalue weighted by Crippen LogP contribution is -2.21. The molecule has 2 rings (SSSR count). The number of benzene rings is 2. The van der Waals surface area contributed by atoms with Gasteiger partial charge in [0.25, 0.3) is 11.6 Å². The molecule has 0 aliphatic heterocycles. The predicted octanol–water partition coefficient (Wildman–Crippen LogP) is 3.77. The highest BCUT2D eigenvalue weighted by Crippen LogP contribution is 2.25. The Morgan fingerprint density at radius 2 is 1.88 bits per heavy atom. The molecule has 0 saturated carbocycles. The van der Waals surface area contributed by atoms with Crippen LogP contribution in [0.5, 0.6) is 0 Å². The highest BCUT2D eigenvalue weighted by Gasteiger charge is 2.17. The third kappa shape index (κ3) is 4.87. The Balaban J connectivity index is 1.97. The van der Waals surface area contributed by atoms with Crippen LogP contribution in [0.25, 0.3) is 0 Å². The molecule has 0 atom stereocenters. The zero-order valence-electron chi connectivity index (χ0n) is 13.5. The predicted molar refractivity (Wildman–Crippen MR) is 95.6 cm³/mol. The number of halogens is 1. The first kappa shape index (κ1) is 18.6. The normalized spacial score (nSPS) is 10.2. The van der Waals surface area contributed by atoms with Crippen LogP contribution < -0.4 is 5.32 Å². The second-order valence-corrected chi connectivity index (χ2v) is 6.20. The molecule has 0 fully saturated rings. The Bertz CT molecular complexity index is 851. The van der Waals surface area contributed by atoms with Gasteiger partial charge < -0.3 is 10.1 Å². The SMILES string of the molecule is Cc1ccc(NC(=O)COC(=O)c2ccc(Br)c([N+](=O)[O-])c2)cc1C. The Labute approximate surface area is 152 Å². The van der Waals surface area contributed by atoms with Gasteiger partial charge in [-0.25, -0.2) is 4.79 Å². The average molecular weight is 407 g/mol. The summed E-state index contributed by atoms with van der Waals surface area (Å²) in [4.78, 5) is 34.1. The first-order valence-electron chi connectivity index (χ1n) is 7.26. The fraction of sp³-hybridized carbons (Fsp3) is 0.176. The Morgan fingerprint density at radius 1 is 1.16 bits per heavy atom. The topological polar surface area (TPSA) is 98.5 Å². The number of hydrogen-bond acceptors (Lipinski definition) is 5. The second kappa shape index (κ2) is 7.89. The Morgan fingerprint density at radius 3 is 2.52 bits per heavy atom. The van der Waals surface area contributed by atoms with E-state index in [-0.39, 0.29) is 15.7 Å². The third-order valence-electron chi connectivity index (χ3n) is 3.50. The summed E-state index contributed by atoms with van der Waals surface area (Å²) in [5.74, 6) is -1.31. The van der Waals surface area contributed by atoms with E-state index in [1.54, 1.807) is 6.07 Å². The van der Waals surface area contributed by atoms with E-state index in [2.05, 4.69) is 21.2 Å². The summed E-state index contributed by atoms with van der Waals surface area (Å²) < 4.78 is 5.15. The Kier molecular flexibility index (Phi) is 5.87. The summed E-state index contributed by atoms with van der Waals surface area (Å²) in [6, 6.07) is 9.28. The Hall–Kier alpha value is -2.74. The molecule has 0 bridgehead atoms. The van der Waals surface area contributed by atoms with Gasteiger partial charge in [0, 0.05) is 11.8 Å². The molecular formula is C17H15BrN2O5. The molecule has 0 aliphatic rings. The van der Waals surface area contributed by atoms with Crippen LogP contribution in [-0.2, 0) is 9.53 Å². The van der Waals surface area contributed by atoms with Gasteiger partial charge in [0.05, 0.1) is 15.0 Å². The first-order valence-corrected chi connectivity index (χ1v) is 8.05. The van der Waals surface area contributed by atoms with Crippen LogP contribution >= 0.6 is 15.9 Å². The third-order valence-corrected chi connectivity index (χ3v) is 4.17. The lowest BCUT2D eigenvalue weighted by atomic mass is 10.1. The number of nitro groups is 1. The van der Waals surface area contributed by atoms with Crippen LogP contribution in [0.15, 0.2) is 40.9 Å². The molecular weight excluding hydrogens is 392 g/mol. The molecule has 1 N–H and O–H groups in total. The van der Waals surface area contributed by atoms with Crippen LogP contribution in [0.3, 0.4) is 0 Å². The van der Waals surface area contributed by atoms with E-state index in [0.717, 1.165) is 17.2 Å². The zero-order chi connectivity index (χ0) is 18.6. The summed E-state index contributed by atoms with van der Waals surface area (Å²) in [5.41, 5.74) is 2.46. The number of ether oxygens (including phenoxy) is 1. The number of esters is 1. The van der Waals surface area contributed by atoms with Gasteiger partial charge in [-0.3, -0.25) is 14.9 Å². The number of carbonyl (C=O) groups excluding carboxylic acids is 2. The first-order chi connectivity index (χ1) is 11.8. The second-order valence-electron chi connectivity index (χ2n) is 5.35. The van der Waals surface area contributed by atoms with Gasteiger partial charge in [-0.05, 0) is 65.2 Å². The number of aryl methyl sites for hydroxylation is 2. The number of nitro benzene ring substituents is 1. The minimum atomic E-state index is -0.814. The maximum Gasteiger partial charge on any atom is 0.338 e. The van der Waals surface area contributed by atoms with Crippen molar-refractivity contribution in [1.82, 2.24) is 0 Å². The summed E-state index contributed by atoms with van der Waals surface area (Å²) in [6.07, 6.45) is 0. The lowest BCUT2D eigenvalue weighted by molar-refractivity contribution is -0.385. The van der Waals surface area contributed by atoms with Crippen molar-refractivity contribution in [3.8, 4) is 0 Å². The summed E-state index contributed by atoms with van der Waals surface area (Å²) >= 11 is 3.03. The van der Waals surface area contributed by atoms with Crippen LogP contribution in [-0.4, -0.2) is 23.4 Å². The van der Waals surface area contributed by atoms with E-state index < -0.39 is 23.4 Å². The molecule has 8 heteroatoms. The van der Waals surface area contributed by atoms with Crippen molar-refractivity contribution in [1.29, 1.82) is 0 Å². The molecule has 1 amide bonds. The number of rotatable bonds is 5. The molecule has 25 heavy (non-hydrogen) atoms. The molecule has 0 aromatic heterocycles. The molecule has 2 aromatic rings. The molecule has 2 aromatic carbocycles. The van der Waals surface area contributed by atoms with Crippen molar-refractivity contribution >= 4 is 39.2 Å². The van der Waals surface area contributed by atoms with Crippen LogP contribution in [0.2, 0.25) is 0 Å². The summed E-state index contributed by atoms with van der Waals surface area (Å²) in [7, 11) is 0. The fourth-order valence-corrected chi connectivity index (χ4v) is 2.40. The number of nitrogens with one attached hydrogen (secondary N) is 1. The van der Waals surface area contributed by atoms with E-state index >= 15 is 0 Å². The molecule has 0 unspecified atom stereocenters. The van der Waals surface area contributed by atoms with Crippen molar-refractivity contribution in [3.63, 3.8) is 0 Å². The van der Waals surface area contributed by atoms with Gasteiger partial charge in [-0.1, -0.05) is 6.07 Å². The van der Waals surface area contributed by atoms with Crippen LogP contribution in [0.1, 0.15) is 21.5 Å². The molecule has 0 saturated heterocycles. The van der Waals surface area contributed by atoms with Gasteiger partial charge in [-0.2, -0.15) is 0 Å². The number of hydrogen-bond donors (Lipinski definition) is 1. The maximum atomic E-state index is 11.9. The van der Waals surface area contributed by atoms with Gasteiger partial charge in [-0.15, -0.1) is 0 Å². The van der Waals surface area contributed by atoms with Gasteiger partial charge in [0.1, 0.15) is 0 Å². The van der Waals surface area contributed by atoms with Crippen molar-refractivity contribution < 1.29 is 19.2 Å². The number of anilines is 1. The minimum Gasteiger partial charge on any atom is -0.452 e. The maximum absolute atomic E-state index is 11.9. The van der Waals surface area contributed by atoms with Crippen molar-refractivity contribution in [2.75, 3.05) is 11.9 Å². The number of carbonyl (C=O) groups is 2. The van der Waals surface area contributed by atoms with E-state index in [1.807, 2.05) is 26.0 Å². The van der Waals surface area contributed by atoms with Crippen LogP contribution in [0, 0.1) is 24.0 Å². The fourth-order valence-electron chi connectivity index (χ4n) is 2.01. The van der Waals surface area contributed by atoms with Crippen molar-refractivity contribution in [2.45, 2.75) is 13.8 Å². The molecule has 7 nitrogen and oxygen atoms in total. The zero-order valence-corrected chi connectivity index (χ0v) is 15.1. The molecule has 0 radical (unpaired) electrons. The molecule has 0 spiro atoms. The molecule has 0 aliphatic carbocycles. The highest BCUT2D eigenvalue weighted by atomic mass is 79.9. The monoisotopic (exact) mass is 406 g/mol. The summed E-state index contributed by atoms with van der Waals surface area (Å²) in [5, 5.41) is 13.5. The molecule has 130 valence electrons. The van der Waals surface area contributed by atoms with E-state index in [1.165, 1.54) is 12.1 Å². The largest absolute Gasteiger partial charge is 0.452 e. The quantitative estimate of drug-likeness (QED) is 0.462. The standard InChI is InChI=1S/C17H15BrN2O5/c1-10-3-5-13(7-11(10)2)19-16(21)9-25-17(22)12-4-6-14(18)15(8-12)20(23)24/h3-8H,9H2,1-2H3,(H,19,21). The van der Waals surface area contributed by atoms with Crippen LogP contribution in [0.4, 0.5) is 11.4 Å². The van der Waals surface area contributed by atoms with Gasteiger partial charge in [0.2, 0.25) is 0 Å². The van der Waals surface area contributed by atoms with Gasteiger partial charge in [0.15, 0.2) is 6.61 Å². The van der Waals surface area contributed by atoms with E-state index in [9.17, 15) is 19.7 Å². The van der Waals surface area contributed by atoms with Crippen molar-refractivity contribution in [2.24, 2.45) is 0 Å². The summed E-state index contributed by atoms with van der Waals surface area (Å²) in [6.45, 7) is 3.39. The smallest absolute Gasteiger partial charge is 0.338 e. The molecule has 0 heterocycles.